The van der Waals surface area contributed by atoms with Crippen molar-refractivity contribution in [1.29, 1.82) is 0 Å². The Morgan fingerprint density at radius 2 is 2.00 bits per heavy atom. The van der Waals surface area contributed by atoms with Gasteiger partial charge in [0.25, 0.3) is 0 Å². The summed E-state index contributed by atoms with van der Waals surface area (Å²) in [6, 6.07) is 7.67. The number of aromatic nitrogens is 3. The number of hydrogen-bond donors (Lipinski definition) is 1. The molecule has 3 aromatic rings. The highest BCUT2D eigenvalue weighted by molar-refractivity contribution is 7.91. The third kappa shape index (κ3) is 3.15. The SMILES string of the molecule is CNCc1cc(S(=O)(=O)c2cccnc2)n(-c2cccc(F)c2F)n1. The summed E-state index contributed by atoms with van der Waals surface area (Å²) in [5.74, 6) is -2.27. The molecule has 2 aromatic heterocycles. The summed E-state index contributed by atoms with van der Waals surface area (Å²) in [5, 5.41) is 6.69. The van der Waals surface area contributed by atoms with Crippen molar-refractivity contribution in [3.05, 3.63) is 66.1 Å². The van der Waals surface area contributed by atoms with Crippen LogP contribution in [0.1, 0.15) is 5.69 Å². The minimum Gasteiger partial charge on any atom is -0.314 e. The summed E-state index contributed by atoms with van der Waals surface area (Å²) in [6.45, 7) is 0.263. The second-order valence-corrected chi connectivity index (χ2v) is 7.08. The van der Waals surface area contributed by atoms with E-state index in [2.05, 4.69) is 15.4 Å². The van der Waals surface area contributed by atoms with Crippen molar-refractivity contribution in [3.8, 4) is 5.69 Å². The predicted octanol–water partition coefficient (Wildman–Crippen LogP) is 2.10. The Kier molecular flexibility index (Phi) is 4.60. The Balaban J connectivity index is 2.25. The number of pyridine rings is 1. The van der Waals surface area contributed by atoms with Gasteiger partial charge in [0.05, 0.1) is 10.6 Å². The summed E-state index contributed by atoms with van der Waals surface area (Å²) in [5.41, 5.74) is 0.0819. The van der Waals surface area contributed by atoms with E-state index in [9.17, 15) is 17.2 Å². The lowest BCUT2D eigenvalue weighted by Gasteiger charge is -2.09. The summed E-state index contributed by atoms with van der Waals surface area (Å²) in [4.78, 5) is 3.73. The van der Waals surface area contributed by atoms with Crippen LogP contribution in [0.3, 0.4) is 0 Å². The highest BCUT2D eigenvalue weighted by Crippen LogP contribution is 2.26. The van der Waals surface area contributed by atoms with Crippen molar-refractivity contribution in [3.63, 3.8) is 0 Å². The maximum Gasteiger partial charge on any atom is 0.225 e. The smallest absolute Gasteiger partial charge is 0.225 e. The minimum atomic E-state index is -4.02. The average molecular weight is 364 g/mol. The number of rotatable bonds is 5. The van der Waals surface area contributed by atoms with Gasteiger partial charge in [0.1, 0.15) is 5.69 Å². The molecule has 25 heavy (non-hydrogen) atoms. The Hall–Kier alpha value is -2.65. The van der Waals surface area contributed by atoms with Gasteiger partial charge in [-0.05, 0) is 31.3 Å². The molecule has 2 heterocycles. The van der Waals surface area contributed by atoms with Gasteiger partial charge >= 0.3 is 0 Å². The molecule has 0 atom stereocenters. The van der Waals surface area contributed by atoms with E-state index in [4.69, 9.17) is 0 Å². The third-order valence-electron chi connectivity index (χ3n) is 3.46. The molecule has 0 amide bonds. The van der Waals surface area contributed by atoms with Gasteiger partial charge in [-0.15, -0.1) is 0 Å². The minimum absolute atomic E-state index is 0.0658. The number of sulfone groups is 1. The fraction of sp³-hybridized carbons (Fsp3) is 0.125. The zero-order valence-corrected chi connectivity index (χ0v) is 14.0. The van der Waals surface area contributed by atoms with Crippen molar-refractivity contribution in [2.24, 2.45) is 0 Å². The van der Waals surface area contributed by atoms with Gasteiger partial charge in [-0.2, -0.15) is 5.10 Å². The Labute approximate surface area is 143 Å². The predicted molar refractivity (Wildman–Crippen MR) is 85.9 cm³/mol. The van der Waals surface area contributed by atoms with Crippen LogP contribution in [-0.2, 0) is 16.4 Å². The first-order chi connectivity index (χ1) is 11.9. The quantitative estimate of drug-likeness (QED) is 0.750. The Morgan fingerprint density at radius 1 is 1.20 bits per heavy atom. The Morgan fingerprint density at radius 3 is 2.68 bits per heavy atom. The van der Waals surface area contributed by atoms with Crippen molar-refractivity contribution in [2.75, 3.05) is 7.05 Å². The average Bonchev–Trinajstić information content (AvgIpc) is 3.03. The molecule has 0 saturated carbocycles. The van der Waals surface area contributed by atoms with Crippen LogP contribution in [0.4, 0.5) is 8.78 Å². The molecule has 0 aliphatic carbocycles. The molecule has 6 nitrogen and oxygen atoms in total. The first kappa shape index (κ1) is 17.2. The molecule has 9 heteroatoms. The standard InChI is InChI=1S/C16H14F2N4O2S/c1-19-9-11-8-15(25(23,24)12-4-3-7-20-10-12)22(21-11)14-6-2-5-13(17)16(14)18/h2-8,10,19H,9H2,1H3. The van der Waals surface area contributed by atoms with Crippen molar-refractivity contribution in [2.45, 2.75) is 16.5 Å². The van der Waals surface area contributed by atoms with E-state index in [1.807, 2.05) is 0 Å². The van der Waals surface area contributed by atoms with E-state index >= 15 is 0 Å². The lowest BCUT2D eigenvalue weighted by atomic mass is 10.3. The van der Waals surface area contributed by atoms with Crippen LogP contribution in [0.5, 0.6) is 0 Å². The zero-order valence-electron chi connectivity index (χ0n) is 13.1. The zero-order chi connectivity index (χ0) is 18.0. The molecular formula is C16H14F2N4O2S. The maximum atomic E-state index is 14.2. The molecule has 0 radical (unpaired) electrons. The van der Waals surface area contributed by atoms with Crippen molar-refractivity contribution >= 4 is 9.84 Å². The van der Waals surface area contributed by atoms with Gasteiger partial charge in [0.2, 0.25) is 9.84 Å². The van der Waals surface area contributed by atoms with Crippen molar-refractivity contribution < 1.29 is 17.2 Å². The van der Waals surface area contributed by atoms with Gasteiger partial charge in [-0.25, -0.2) is 21.9 Å². The monoisotopic (exact) mass is 364 g/mol. The number of nitrogens with one attached hydrogen (secondary N) is 1. The fourth-order valence-electron chi connectivity index (χ4n) is 2.32. The molecule has 0 bridgehead atoms. The molecule has 130 valence electrons. The lowest BCUT2D eigenvalue weighted by Crippen LogP contribution is -2.12. The molecule has 1 aromatic carbocycles. The summed E-state index contributed by atoms with van der Waals surface area (Å²) in [7, 11) is -2.36. The lowest BCUT2D eigenvalue weighted by molar-refractivity contribution is 0.497. The highest BCUT2D eigenvalue weighted by Gasteiger charge is 2.26. The van der Waals surface area contributed by atoms with Crippen LogP contribution in [0.2, 0.25) is 0 Å². The topological polar surface area (TPSA) is 76.9 Å². The summed E-state index contributed by atoms with van der Waals surface area (Å²) in [6.07, 6.45) is 2.63. The summed E-state index contributed by atoms with van der Waals surface area (Å²) >= 11 is 0. The second-order valence-electron chi connectivity index (χ2n) is 5.18. The molecule has 0 unspecified atom stereocenters. The Bertz CT molecular complexity index is 1000. The van der Waals surface area contributed by atoms with Crippen LogP contribution in [0, 0.1) is 11.6 Å². The molecule has 0 spiro atoms. The van der Waals surface area contributed by atoms with Crippen LogP contribution < -0.4 is 5.32 Å². The third-order valence-corrected chi connectivity index (χ3v) is 5.17. The van der Waals surface area contributed by atoms with Crippen LogP contribution in [0.25, 0.3) is 5.69 Å². The van der Waals surface area contributed by atoms with Crippen LogP contribution in [-0.4, -0.2) is 30.2 Å². The van der Waals surface area contributed by atoms with Gasteiger partial charge in [-0.3, -0.25) is 4.98 Å². The number of benzene rings is 1. The van der Waals surface area contributed by atoms with Crippen molar-refractivity contribution in [1.82, 2.24) is 20.1 Å². The summed E-state index contributed by atoms with van der Waals surface area (Å²) < 4.78 is 54.5. The normalized spacial score (nSPS) is 11.6. The van der Waals surface area contributed by atoms with Gasteiger partial charge in [-0.1, -0.05) is 6.07 Å². The molecule has 0 saturated heterocycles. The maximum absolute atomic E-state index is 14.2. The van der Waals surface area contributed by atoms with E-state index in [0.717, 1.165) is 10.7 Å². The molecular weight excluding hydrogens is 350 g/mol. The molecule has 0 fully saturated rings. The van der Waals surface area contributed by atoms with Crippen LogP contribution >= 0.6 is 0 Å². The van der Waals surface area contributed by atoms with E-state index < -0.39 is 21.5 Å². The van der Waals surface area contributed by atoms with E-state index in [-0.39, 0.29) is 22.2 Å². The molecule has 0 aliphatic heterocycles. The highest BCUT2D eigenvalue weighted by atomic mass is 32.2. The van der Waals surface area contributed by atoms with E-state index in [1.54, 1.807) is 7.05 Å². The number of halogens is 2. The van der Waals surface area contributed by atoms with Gasteiger partial charge < -0.3 is 5.32 Å². The molecule has 3 rings (SSSR count). The van der Waals surface area contributed by atoms with Gasteiger partial charge in [0, 0.05) is 25.0 Å². The largest absolute Gasteiger partial charge is 0.314 e. The molecule has 1 N–H and O–H groups in total. The first-order valence-electron chi connectivity index (χ1n) is 7.28. The van der Waals surface area contributed by atoms with Gasteiger partial charge in [0.15, 0.2) is 16.7 Å². The van der Waals surface area contributed by atoms with E-state index in [1.165, 1.54) is 42.7 Å². The second kappa shape index (κ2) is 6.69. The number of hydrogen-bond acceptors (Lipinski definition) is 5. The fourth-order valence-corrected chi connectivity index (χ4v) is 3.68. The molecule has 0 aliphatic rings. The first-order valence-corrected chi connectivity index (χ1v) is 8.76. The van der Waals surface area contributed by atoms with E-state index in [0.29, 0.717) is 5.69 Å². The number of nitrogens with zero attached hydrogens (tertiary/aromatic N) is 3. The van der Waals surface area contributed by atoms with Crippen LogP contribution in [0.15, 0.2) is 58.7 Å².